The Labute approximate surface area is 267 Å². The summed E-state index contributed by atoms with van der Waals surface area (Å²) in [5.41, 5.74) is 0. The van der Waals surface area contributed by atoms with Crippen LogP contribution in [0.25, 0.3) is 0 Å². The van der Waals surface area contributed by atoms with Crippen molar-refractivity contribution in [3.8, 4) is 0 Å². The minimum Gasteiger partial charge on any atom is -0.0724 e. The lowest BCUT2D eigenvalue weighted by Gasteiger charge is -2.59. The Hall–Kier alpha value is -3.81. The number of hydrogen-bond donors (Lipinski definition) is 0. The van der Waals surface area contributed by atoms with Crippen LogP contribution in [-0.4, -0.2) is 29.4 Å². The third-order valence-corrected chi connectivity index (χ3v) is 70.8. The fraction of sp³-hybridized carbons (Fsp3) is 0.100. The van der Waals surface area contributed by atoms with Crippen molar-refractivity contribution in [2.45, 2.75) is 26.2 Å². The van der Waals surface area contributed by atoms with E-state index in [1.54, 1.807) is 31.1 Å². The summed E-state index contributed by atoms with van der Waals surface area (Å²) in [6.45, 7) is 11.2. The van der Waals surface area contributed by atoms with Crippen LogP contribution < -0.4 is 31.1 Å². The second kappa shape index (κ2) is 12.3. The van der Waals surface area contributed by atoms with E-state index in [0.29, 0.717) is 0 Å². The van der Waals surface area contributed by atoms with Crippen molar-refractivity contribution in [3.63, 3.8) is 0 Å². The zero-order valence-corrected chi connectivity index (χ0v) is 30.3. The SMILES string of the molecule is C[Si](C)([Si](c1ccccc1)(c1ccccc1)c1ccccc1)[Si](C)(C)[Si](c1ccccc1)(c1ccccc1)c1ccccc1. The van der Waals surface area contributed by atoms with Gasteiger partial charge in [0, 0.05) is 0 Å². The predicted octanol–water partition coefficient (Wildman–Crippen LogP) is 5.98. The largest absolute Gasteiger partial charge is 0.136 e. The monoisotopic (exact) mass is 634 g/mol. The Balaban J connectivity index is 1.80. The summed E-state index contributed by atoms with van der Waals surface area (Å²) < 4.78 is 0. The standard InChI is InChI=1S/C40H42Si4/c1-41(2,43(35-23-11-5-12-24-35,36-25-13-6-14-26-36)37-27-15-7-16-28-37)42(3,4)44(38-29-17-8-18-30-38,39-31-19-9-20-32-39)40-33-21-10-22-34-40/h5-34H,1-4H3. The van der Waals surface area contributed by atoms with Crippen molar-refractivity contribution in [1.82, 2.24) is 0 Å². The van der Waals surface area contributed by atoms with Crippen molar-refractivity contribution in [3.05, 3.63) is 182 Å². The summed E-state index contributed by atoms with van der Waals surface area (Å²) >= 11 is 0. The van der Waals surface area contributed by atoms with Crippen LogP contribution in [0.1, 0.15) is 0 Å². The van der Waals surface area contributed by atoms with Crippen LogP contribution in [0.5, 0.6) is 0 Å². The maximum absolute atomic E-state index is 2.80. The smallest absolute Gasteiger partial charge is 0.0724 e. The van der Waals surface area contributed by atoms with E-state index in [-0.39, 0.29) is 0 Å². The van der Waals surface area contributed by atoms with E-state index in [1.165, 1.54) is 0 Å². The maximum Gasteiger partial charge on any atom is 0.136 e. The van der Waals surface area contributed by atoms with Crippen molar-refractivity contribution < 1.29 is 0 Å². The molecule has 0 saturated heterocycles. The van der Waals surface area contributed by atoms with Crippen molar-refractivity contribution in [2.75, 3.05) is 0 Å². The molecule has 0 heterocycles. The van der Waals surface area contributed by atoms with Gasteiger partial charge in [-0.2, -0.15) is 0 Å². The highest BCUT2D eigenvalue weighted by atomic mass is 29.8. The van der Waals surface area contributed by atoms with E-state index in [4.69, 9.17) is 0 Å². The van der Waals surface area contributed by atoms with Gasteiger partial charge in [-0.15, -0.1) is 0 Å². The van der Waals surface area contributed by atoms with Crippen molar-refractivity contribution in [2.24, 2.45) is 0 Å². The molecule has 0 nitrogen and oxygen atoms in total. The predicted molar refractivity (Wildman–Crippen MR) is 203 cm³/mol. The van der Waals surface area contributed by atoms with Gasteiger partial charge in [-0.25, -0.2) is 0 Å². The van der Waals surface area contributed by atoms with Gasteiger partial charge in [0.1, 0.15) is 15.2 Å². The van der Waals surface area contributed by atoms with Crippen LogP contribution in [0.2, 0.25) is 26.2 Å². The quantitative estimate of drug-likeness (QED) is 0.136. The second-order valence-corrected chi connectivity index (χ2v) is 48.4. The molecule has 44 heavy (non-hydrogen) atoms. The van der Waals surface area contributed by atoms with Crippen LogP contribution in [0.15, 0.2) is 182 Å². The summed E-state index contributed by atoms with van der Waals surface area (Å²) in [4.78, 5) is 0. The zero-order chi connectivity index (χ0) is 30.7. The Kier molecular flexibility index (Phi) is 8.44. The minimum atomic E-state index is -2.56. The summed E-state index contributed by atoms with van der Waals surface area (Å²) in [6, 6.07) is 70.0. The van der Waals surface area contributed by atoms with E-state index in [1.807, 2.05) is 0 Å². The Morgan fingerprint density at radius 2 is 0.364 bits per heavy atom. The van der Waals surface area contributed by atoms with Gasteiger partial charge >= 0.3 is 0 Å². The van der Waals surface area contributed by atoms with Crippen LogP contribution in [0.3, 0.4) is 0 Å². The summed E-state index contributed by atoms with van der Waals surface area (Å²) in [7, 11) is -9.67. The van der Waals surface area contributed by atoms with Gasteiger partial charge in [0.25, 0.3) is 0 Å². The molecule has 6 rings (SSSR count). The molecule has 0 aromatic heterocycles. The average molecular weight is 635 g/mol. The third kappa shape index (κ3) is 4.60. The molecule has 0 bridgehead atoms. The molecular weight excluding hydrogens is 593 g/mol. The molecule has 0 aliphatic carbocycles. The average Bonchev–Trinajstić information content (AvgIpc) is 3.08. The molecule has 218 valence electrons. The molecule has 0 unspecified atom stereocenters. The molecule has 0 spiro atoms. The zero-order valence-electron chi connectivity index (χ0n) is 26.3. The van der Waals surface area contributed by atoms with Gasteiger partial charge in [0.05, 0.1) is 14.2 Å². The first-order chi connectivity index (χ1) is 21.4. The summed E-state index contributed by atoms with van der Waals surface area (Å²) in [6.07, 6.45) is 0. The molecule has 4 heteroatoms. The van der Waals surface area contributed by atoms with Gasteiger partial charge in [-0.1, -0.05) is 239 Å². The molecule has 0 aliphatic rings. The van der Waals surface area contributed by atoms with Gasteiger partial charge in [0.15, 0.2) is 0 Å². The highest BCUT2D eigenvalue weighted by molar-refractivity contribution is 7.91. The lowest BCUT2D eigenvalue weighted by molar-refractivity contribution is 1.67. The van der Waals surface area contributed by atoms with E-state index in [9.17, 15) is 0 Å². The van der Waals surface area contributed by atoms with Crippen LogP contribution in [0.4, 0.5) is 0 Å². The molecule has 6 aromatic rings. The van der Waals surface area contributed by atoms with E-state index < -0.39 is 29.4 Å². The molecule has 0 N–H and O–H groups in total. The second-order valence-electron chi connectivity index (χ2n) is 12.9. The number of hydrogen-bond acceptors (Lipinski definition) is 0. The first-order valence-corrected chi connectivity index (χ1v) is 28.7. The van der Waals surface area contributed by atoms with Crippen LogP contribution >= 0.6 is 0 Å². The minimum absolute atomic E-state index is 1.55. The highest BCUT2D eigenvalue weighted by Gasteiger charge is 2.68. The van der Waals surface area contributed by atoms with E-state index in [2.05, 4.69) is 208 Å². The molecular formula is C40H42Si4. The molecule has 0 amide bonds. The van der Waals surface area contributed by atoms with Crippen LogP contribution in [-0.2, 0) is 0 Å². The fourth-order valence-corrected chi connectivity index (χ4v) is 77.0. The van der Waals surface area contributed by atoms with Crippen molar-refractivity contribution >= 4 is 60.5 Å². The molecule has 0 radical (unpaired) electrons. The number of benzene rings is 6. The maximum atomic E-state index is 2.80. The lowest BCUT2D eigenvalue weighted by Crippen LogP contribution is -2.96. The Bertz CT molecular complexity index is 1440. The Morgan fingerprint density at radius 1 is 0.227 bits per heavy atom. The summed E-state index contributed by atoms with van der Waals surface area (Å²) in [5.74, 6) is 0. The fourth-order valence-electron chi connectivity index (χ4n) is 8.23. The Morgan fingerprint density at radius 3 is 0.500 bits per heavy atom. The normalized spacial score (nSPS) is 12.5. The van der Waals surface area contributed by atoms with Crippen LogP contribution in [0, 0.1) is 0 Å². The number of rotatable bonds is 9. The van der Waals surface area contributed by atoms with Gasteiger partial charge in [-0.3, -0.25) is 0 Å². The molecule has 6 aromatic carbocycles. The third-order valence-electron chi connectivity index (χ3n) is 10.7. The first-order valence-electron chi connectivity index (χ1n) is 15.7. The van der Waals surface area contributed by atoms with E-state index >= 15 is 0 Å². The van der Waals surface area contributed by atoms with Gasteiger partial charge < -0.3 is 0 Å². The molecule has 0 fully saturated rings. The summed E-state index contributed by atoms with van der Waals surface area (Å²) in [5, 5.41) is 9.29. The van der Waals surface area contributed by atoms with Gasteiger partial charge in [0.2, 0.25) is 0 Å². The van der Waals surface area contributed by atoms with E-state index in [0.717, 1.165) is 0 Å². The molecule has 0 atom stereocenters. The lowest BCUT2D eigenvalue weighted by atomic mass is 10.3. The molecule has 0 saturated carbocycles. The van der Waals surface area contributed by atoms with Crippen molar-refractivity contribution in [1.29, 1.82) is 0 Å². The molecule has 0 aliphatic heterocycles. The topological polar surface area (TPSA) is 0 Å². The first kappa shape index (κ1) is 30.2. The van der Waals surface area contributed by atoms with Gasteiger partial charge in [-0.05, 0) is 0 Å². The highest BCUT2D eigenvalue weighted by Crippen LogP contribution is 2.35.